The van der Waals surface area contributed by atoms with E-state index in [0.717, 1.165) is 12.8 Å². The lowest BCUT2D eigenvalue weighted by atomic mass is 10.5. The van der Waals surface area contributed by atoms with Crippen LogP contribution >= 0.6 is 0 Å². The summed E-state index contributed by atoms with van der Waals surface area (Å²) in [4.78, 5) is 0. The summed E-state index contributed by atoms with van der Waals surface area (Å²) in [6.45, 7) is 7.23. The number of hydrogen-bond acceptors (Lipinski definition) is 3. The molecule has 0 unspecified atom stereocenters. The zero-order valence-corrected chi connectivity index (χ0v) is 9.75. The minimum atomic E-state index is -0.439. The summed E-state index contributed by atoms with van der Waals surface area (Å²) in [5.41, 5.74) is 0. The van der Waals surface area contributed by atoms with Crippen molar-refractivity contribution < 1.29 is 13.9 Å². The van der Waals surface area contributed by atoms with Crippen LogP contribution in [0.25, 0.3) is 0 Å². The summed E-state index contributed by atoms with van der Waals surface area (Å²) in [5, 5.41) is 0. The van der Waals surface area contributed by atoms with Gasteiger partial charge in [-0.05, 0) is 12.8 Å². The van der Waals surface area contributed by atoms with Gasteiger partial charge in [0.25, 0.3) is 6.48 Å². The van der Waals surface area contributed by atoms with Crippen LogP contribution in [0.5, 0.6) is 0 Å². The molecular formula is C8H20O3Si. The summed E-state index contributed by atoms with van der Waals surface area (Å²) >= 11 is 0. The first-order valence-corrected chi connectivity index (χ1v) is 6.69. The quantitative estimate of drug-likeness (QED) is 0.428. The minimum absolute atomic E-state index is 0.401. The molecule has 0 atom stereocenters. The molecule has 0 bridgehead atoms. The predicted octanol–water partition coefficient (Wildman–Crippen LogP) is 1.27. The Labute approximate surface area is 77.3 Å². The molecule has 4 heteroatoms. The Hall–Kier alpha value is 0.0969. The topological polar surface area (TPSA) is 27.7 Å². The summed E-state index contributed by atoms with van der Waals surface area (Å²) in [5.74, 6) is 0. The normalized spacial score (nSPS) is 12.0. The lowest BCUT2D eigenvalue weighted by Gasteiger charge is -2.17. The maximum Gasteiger partial charge on any atom is 0.261 e. The highest BCUT2D eigenvalue weighted by atomic mass is 28.2. The van der Waals surface area contributed by atoms with Crippen LogP contribution in [0.3, 0.4) is 0 Å². The van der Waals surface area contributed by atoms with E-state index >= 15 is 0 Å². The second-order valence-electron chi connectivity index (χ2n) is 2.49. The van der Waals surface area contributed by atoms with Crippen LogP contribution < -0.4 is 0 Å². The SMILES string of the molecule is CCCOC(OCCC)O[SiH2]C. The van der Waals surface area contributed by atoms with Gasteiger partial charge in [-0.15, -0.1) is 0 Å². The number of rotatable bonds is 8. The molecule has 0 N–H and O–H groups in total. The molecule has 3 nitrogen and oxygen atoms in total. The van der Waals surface area contributed by atoms with E-state index in [1.54, 1.807) is 0 Å². The predicted molar refractivity (Wildman–Crippen MR) is 51.8 cm³/mol. The van der Waals surface area contributed by atoms with E-state index in [9.17, 15) is 0 Å². The van der Waals surface area contributed by atoms with Crippen molar-refractivity contribution >= 4 is 9.76 Å². The molecule has 0 spiro atoms. The molecule has 0 aromatic rings. The Bertz CT molecular complexity index is 82.4. The van der Waals surface area contributed by atoms with Gasteiger partial charge in [0.2, 0.25) is 0 Å². The lowest BCUT2D eigenvalue weighted by Crippen LogP contribution is -2.23. The second kappa shape index (κ2) is 9.19. The largest absolute Gasteiger partial charge is 0.379 e. The third kappa shape index (κ3) is 6.79. The van der Waals surface area contributed by atoms with Gasteiger partial charge >= 0.3 is 0 Å². The van der Waals surface area contributed by atoms with Crippen LogP contribution in [0.15, 0.2) is 0 Å². The van der Waals surface area contributed by atoms with E-state index in [1.807, 2.05) is 0 Å². The van der Waals surface area contributed by atoms with Crippen molar-refractivity contribution in [3.8, 4) is 0 Å². The summed E-state index contributed by atoms with van der Waals surface area (Å²) in [6.07, 6.45) is 2.00. The van der Waals surface area contributed by atoms with Gasteiger partial charge < -0.3 is 13.9 Å². The van der Waals surface area contributed by atoms with E-state index in [2.05, 4.69) is 20.4 Å². The third-order valence-corrected chi connectivity index (χ3v) is 1.82. The molecule has 0 amide bonds. The van der Waals surface area contributed by atoms with Crippen molar-refractivity contribution in [2.24, 2.45) is 0 Å². The first-order chi connectivity index (χ1) is 5.85. The standard InChI is InChI=1S/C8H20O3Si/c1-4-6-9-8(11-12-3)10-7-5-2/h8H,4-7,12H2,1-3H3. The van der Waals surface area contributed by atoms with Crippen molar-refractivity contribution in [3.63, 3.8) is 0 Å². The Morgan fingerprint density at radius 3 is 1.92 bits per heavy atom. The fourth-order valence-electron chi connectivity index (χ4n) is 0.709. The van der Waals surface area contributed by atoms with E-state index in [4.69, 9.17) is 13.9 Å². The van der Waals surface area contributed by atoms with Gasteiger partial charge in [0.05, 0.1) is 13.2 Å². The maximum atomic E-state index is 5.34. The van der Waals surface area contributed by atoms with Gasteiger partial charge in [-0.2, -0.15) is 0 Å². The highest BCUT2D eigenvalue weighted by molar-refractivity contribution is 6.24. The molecule has 0 saturated carbocycles. The third-order valence-electron chi connectivity index (χ3n) is 1.22. The van der Waals surface area contributed by atoms with Gasteiger partial charge in [-0.1, -0.05) is 20.4 Å². The summed E-state index contributed by atoms with van der Waals surface area (Å²) in [6, 6.07) is 0. The number of ether oxygens (including phenoxy) is 2. The van der Waals surface area contributed by atoms with Gasteiger partial charge in [0.1, 0.15) is 0 Å². The van der Waals surface area contributed by atoms with E-state index in [0.29, 0.717) is 13.2 Å². The Morgan fingerprint density at radius 2 is 1.58 bits per heavy atom. The minimum Gasteiger partial charge on any atom is -0.379 e. The van der Waals surface area contributed by atoms with Gasteiger partial charge in [0, 0.05) is 0 Å². The molecule has 0 aliphatic heterocycles. The maximum absolute atomic E-state index is 5.34. The van der Waals surface area contributed by atoms with Crippen LogP contribution in [0.2, 0.25) is 6.55 Å². The van der Waals surface area contributed by atoms with Crippen molar-refractivity contribution in [1.29, 1.82) is 0 Å². The van der Waals surface area contributed by atoms with Crippen molar-refractivity contribution in [2.75, 3.05) is 13.2 Å². The Kier molecular flexibility index (Phi) is 9.26. The first-order valence-electron chi connectivity index (χ1n) is 4.69. The average Bonchev–Trinajstić information content (AvgIpc) is 2.10. The van der Waals surface area contributed by atoms with Crippen molar-refractivity contribution in [3.05, 3.63) is 0 Å². The number of hydrogen-bond donors (Lipinski definition) is 0. The molecule has 0 aliphatic rings. The van der Waals surface area contributed by atoms with Gasteiger partial charge in [0.15, 0.2) is 9.76 Å². The van der Waals surface area contributed by atoms with Crippen LogP contribution in [-0.2, 0) is 13.9 Å². The summed E-state index contributed by atoms with van der Waals surface area (Å²) in [7, 11) is -0.439. The van der Waals surface area contributed by atoms with Crippen LogP contribution in [0.1, 0.15) is 26.7 Å². The lowest BCUT2D eigenvalue weighted by molar-refractivity contribution is -0.247. The van der Waals surface area contributed by atoms with E-state index in [1.165, 1.54) is 0 Å². The molecule has 0 heterocycles. The molecule has 0 rings (SSSR count). The van der Waals surface area contributed by atoms with Crippen molar-refractivity contribution in [1.82, 2.24) is 0 Å². The smallest absolute Gasteiger partial charge is 0.261 e. The average molecular weight is 192 g/mol. The molecule has 0 aliphatic carbocycles. The highest BCUT2D eigenvalue weighted by Crippen LogP contribution is 1.98. The summed E-state index contributed by atoms with van der Waals surface area (Å²) < 4.78 is 16.0. The van der Waals surface area contributed by atoms with Crippen LogP contribution in [-0.4, -0.2) is 29.5 Å². The zero-order valence-electron chi connectivity index (χ0n) is 8.34. The molecular weight excluding hydrogens is 172 g/mol. The molecule has 0 fully saturated rings. The zero-order chi connectivity index (χ0) is 9.23. The molecule has 0 aromatic carbocycles. The Morgan fingerprint density at radius 1 is 1.08 bits per heavy atom. The van der Waals surface area contributed by atoms with Gasteiger partial charge in [-0.3, -0.25) is 0 Å². The van der Waals surface area contributed by atoms with E-state index in [-0.39, 0.29) is 0 Å². The monoisotopic (exact) mass is 192 g/mol. The van der Waals surface area contributed by atoms with Crippen LogP contribution in [0, 0.1) is 0 Å². The molecule has 12 heavy (non-hydrogen) atoms. The highest BCUT2D eigenvalue weighted by Gasteiger charge is 2.06. The van der Waals surface area contributed by atoms with Crippen molar-refractivity contribution in [2.45, 2.75) is 39.7 Å². The molecule has 74 valence electrons. The Balaban J connectivity index is 3.40. The first kappa shape index (κ1) is 12.1. The second-order valence-corrected chi connectivity index (χ2v) is 3.40. The fourth-order valence-corrected chi connectivity index (χ4v) is 1.17. The fraction of sp³-hybridized carbons (Fsp3) is 1.00. The van der Waals surface area contributed by atoms with Gasteiger partial charge in [-0.25, -0.2) is 0 Å². The molecule has 0 radical (unpaired) electrons. The molecule has 0 saturated heterocycles. The molecule has 0 aromatic heterocycles. The van der Waals surface area contributed by atoms with Crippen LogP contribution in [0.4, 0.5) is 0 Å². The van der Waals surface area contributed by atoms with E-state index < -0.39 is 16.2 Å².